The average Bonchev–Trinajstić information content (AvgIpc) is 3.15. The third-order valence-corrected chi connectivity index (χ3v) is 5.89. The number of amides is 3. The molecule has 3 amide bonds. The monoisotopic (exact) mass is 320 g/mol. The Morgan fingerprint density at radius 1 is 1.29 bits per heavy atom. The Labute approximate surface area is 123 Å². The Morgan fingerprint density at radius 3 is 2.29 bits per heavy atom. The van der Waals surface area contributed by atoms with Crippen molar-refractivity contribution >= 4 is 27.7 Å². The molecule has 0 heterocycles. The van der Waals surface area contributed by atoms with Gasteiger partial charge in [-0.2, -0.15) is 0 Å². The van der Waals surface area contributed by atoms with Gasteiger partial charge in [-0.1, -0.05) is 0 Å². The number of urea groups is 1. The number of carbonyl (C=O) groups excluding carboxylic acids is 3. The van der Waals surface area contributed by atoms with Crippen molar-refractivity contribution < 1.29 is 27.5 Å². The van der Waals surface area contributed by atoms with Gasteiger partial charge in [-0.05, 0) is 25.2 Å². The number of carbonyl (C=O) groups is 3. The van der Waals surface area contributed by atoms with Gasteiger partial charge in [0, 0.05) is 7.05 Å². The van der Waals surface area contributed by atoms with Crippen molar-refractivity contribution in [1.29, 1.82) is 0 Å². The number of esters is 1. The largest absolute Gasteiger partial charge is 0.469 e. The number of nitrogens with one attached hydrogen (secondary N) is 2. The second-order valence-electron chi connectivity index (χ2n) is 5.27. The molecule has 1 fully saturated rings. The van der Waals surface area contributed by atoms with E-state index in [-0.39, 0.29) is 12.2 Å². The van der Waals surface area contributed by atoms with Gasteiger partial charge in [-0.15, -0.1) is 0 Å². The molecule has 2 N–H and O–H groups in total. The van der Waals surface area contributed by atoms with Crippen LogP contribution in [0.25, 0.3) is 0 Å². The fourth-order valence-corrected chi connectivity index (χ4v) is 3.80. The van der Waals surface area contributed by atoms with Crippen LogP contribution in [-0.2, 0) is 24.2 Å². The predicted molar refractivity (Wildman–Crippen MR) is 74.1 cm³/mol. The van der Waals surface area contributed by atoms with Crippen molar-refractivity contribution in [3.63, 3.8) is 0 Å². The summed E-state index contributed by atoms with van der Waals surface area (Å²) in [7, 11) is -1.20. The highest BCUT2D eigenvalue weighted by Gasteiger charge is 2.49. The fraction of sp³-hybridized carbons (Fsp3) is 0.750. The maximum Gasteiger partial charge on any atom is 0.321 e. The summed E-state index contributed by atoms with van der Waals surface area (Å²) in [6.07, 6.45) is 1.22. The zero-order valence-electron chi connectivity index (χ0n) is 12.3. The molecule has 0 aliphatic heterocycles. The van der Waals surface area contributed by atoms with Gasteiger partial charge in [-0.3, -0.25) is 14.9 Å². The van der Waals surface area contributed by atoms with E-state index >= 15 is 0 Å². The minimum Gasteiger partial charge on any atom is -0.469 e. The third kappa shape index (κ3) is 4.69. The zero-order valence-corrected chi connectivity index (χ0v) is 13.1. The molecule has 0 saturated heterocycles. The van der Waals surface area contributed by atoms with Crippen molar-refractivity contribution in [2.75, 3.05) is 19.9 Å². The number of sulfone groups is 1. The lowest BCUT2D eigenvalue weighted by molar-refractivity contribution is -0.141. The molecular formula is C12H20N2O6S. The van der Waals surface area contributed by atoms with Crippen LogP contribution in [0.2, 0.25) is 0 Å². The van der Waals surface area contributed by atoms with E-state index < -0.39 is 38.4 Å². The predicted octanol–water partition coefficient (Wildman–Crippen LogP) is -0.411. The van der Waals surface area contributed by atoms with Gasteiger partial charge in [-0.25, -0.2) is 13.2 Å². The molecule has 1 aliphatic carbocycles. The molecule has 1 rings (SSSR count). The van der Waals surface area contributed by atoms with Crippen LogP contribution in [0.4, 0.5) is 4.79 Å². The summed E-state index contributed by atoms with van der Waals surface area (Å²) in [4.78, 5) is 34.0. The average molecular weight is 320 g/mol. The Bertz CT molecular complexity index is 538. The van der Waals surface area contributed by atoms with Crippen LogP contribution in [0.1, 0.15) is 26.2 Å². The molecule has 0 aromatic carbocycles. The topological polar surface area (TPSA) is 119 Å². The van der Waals surface area contributed by atoms with Crippen LogP contribution in [0.5, 0.6) is 0 Å². The summed E-state index contributed by atoms with van der Waals surface area (Å²) >= 11 is 0. The molecule has 0 aromatic rings. The molecule has 0 bridgehead atoms. The quantitative estimate of drug-likeness (QED) is 0.642. The van der Waals surface area contributed by atoms with Crippen LogP contribution >= 0.6 is 0 Å². The normalized spacial score (nSPS) is 17.5. The highest BCUT2D eigenvalue weighted by Crippen LogP contribution is 2.50. The molecule has 120 valence electrons. The number of hydrogen-bond donors (Lipinski definition) is 2. The molecule has 1 unspecified atom stereocenters. The smallest absolute Gasteiger partial charge is 0.321 e. The number of hydrogen-bond acceptors (Lipinski definition) is 6. The lowest BCUT2D eigenvalue weighted by Crippen LogP contribution is -2.46. The molecule has 21 heavy (non-hydrogen) atoms. The van der Waals surface area contributed by atoms with Crippen molar-refractivity contribution in [2.24, 2.45) is 5.41 Å². The van der Waals surface area contributed by atoms with E-state index in [2.05, 4.69) is 10.1 Å². The summed E-state index contributed by atoms with van der Waals surface area (Å²) in [6, 6.07) is -0.766. The van der Waals surface area contributed by atoms with Crippen LogP contribution in [0, 0.1) is 5.41 Å². The van der Waals surface area contributed by atoms with Crippen molar-refractivity contribution in [3.8, 4) is 0 Å². The molecule has 1 aliphatic rings. The molecule has 9 heteroatoms. The van der Waals surface area contributed by atoms with E-state index in [4.69, 9.17) is 0 Å². The van der Waals surface area contributed by atoms with Gasteiger partial charge < -0.3 is 10.1 Å². The number of imide groups is 1. The van der Waals surface area contributed by atoms with E-state index in [0.29, 0.717) is 12.8 Å². The van der Waals surface area contributed by atoms with E-state index in [1.807, 2.05) is 5.32 Å². The molecule has 8 nitrogen and oxygen atoms in total. The Hall–Kier alpha value is -1.64. The van der Waals surface area contributed by atoms with E-state index in [9.17, 15) is 22.8 Å². The Morgan fingerprint density at radius 2 is 1.86 bits per heavy atom. The first-order valence-electron chi connectivity index (χ1n) is 6.47. The van der Waals surface area contributed by atoms with E-state index in [1.165, 1.54) is 21.1 Å². The van der Waals surface area contributed by atoms with Gasteiger partial charge in [0.15, 0.2) is 9.84 Å². The molecule has 0 spiro atoms. The molecule has 0 aromatic heterocycles. The molecule has 0 radical (unpaired) electrons. The summed E-state index contributed by atoms with van der Waals surface area (Å²) in [6.45, 7) is 1.22. The maximum absolute atomic E-state index is 12.2. The number of ether oxygens (including phenoxy) is 1. The van der Waals surface area contributed by atoms with Crippen molar-refractivity contribution in [2.45, 2.75) is 31.4 Å². The Balaban J connectivity index is 2.71. The standard InChI is InChI=1S/C12H20N2O6S/c1-8(10(16)14-11(17)13-2)21(18,19)7-12(4-5-12)6-9(15)20-3/h8H,4-7H2,1-3H3,(H2,13,14,16,17). The zero-order chi connectivity index (χ0) is 16.3. The molecular weight excluding hydrogens is 300 g/mol. The van der Waals surface area contributed by atoms with E-state index in [1.54, 1.807) is 0 Å². The summed E-state index contributed by atoms with van der Waals surface area (Å²) < 4.78 is 29.0. The van der Waals surface area contributed by atoms with Crippen LogP contribution in [0.15, 0.2) is 0 Å². The van der Waals surface area contributed by atoms with Crippen molar-refractivity contribution in [1.82, 2.24) is 10.6 Å². The lowest BCUT2D eigenvalue weighted by atomic mass is 10.1. The van der Waals surface area contributed by atoms with Gasteiger partial charge >= 0.3 is 12.0 Å². The van der Waals surface area contributed by atoms with Crippen LogP contribution < -0.4 is 10.6 Å². The summed E-state index contributed by atoms with van der Waals surface area (Å²) in [5.41, 5.74) is -0.631. The second kappa shape index (κ2) is 6.42. The first-order chi connectivity index (χ1) is 9.65. The van der Waals surface area contributed by atoms with Crippen molar-refractivity contribution in [3.05, 3.63) is 0 Å². The lowest BCUT2D eigenvalue weighted by Gasteiger charge is -2.17. The number of methoxy groups -OCH3 is 1. The summed E-state index contributed by atoms with van der Waals surface area (Å²) in [5.74, 6) is -1.62. The molecule has 1 saturated carbocycles. The van der Waals surface area contributed by atoms with Gasteiger partial charge in [0.1, 0.15) is 5.25 Å². The maximum atomic E-state index is 12.2. The fourth-order valence-electron chi connectivity index (χ4n) is 1.92. The third-order valence-electron chi connectivity index (χ3n) is 3.58. The van der Waals surface area contributed by atoms with Crippen LogP contribution in [0.3, 0.4) is 0 Å². The Kier molecular flexibility index (Phi) is 5.32. The van der Waals surface area contributed by atoms with Gasteiger partial charge in [0.2, 0.25) is 5.91 Å². The molecule has 1 atom stereocenters. The van der Waals surface area contributed by atoms with Gasteiger partial charge in [0.25, 0.3) is 0 Å². The van der Waals surface area contributed by atoms with Crippen LogP contribution in [-0.4, -0.2) is 51.5 Å². The SMILES string of the molecule is CNC(=O)NC(=O)C(C)S(=O)(=O)CC1(CC(=O)OC)CC1. The highest BCUT2D eigenvalue weighted by atomic mass is 32.2. The number of rotatable bonds is 6. The first-order valence-corrected chi connectivity index (χ1v) is 8.18. The summed E-state index contributed by atoms with van der Waals surface area (Å²) in [5, 5.41) is 2.75. The second-order valence-corrected chi connectivity index (χ2v) is 7.59. The first kappa shape index (κ1) is 17.4. The minimum atomic E-state index is -3.76. The van der Waals surface area contributed by atoms with E-state index in [0.717, 1.165) is 0 Å². The highest BCUT2D eigenvalue weighted by molar-refractivity contribution is 7.92. The minimum absolute atomic E-state index is 0.0204. The van der Waals surface area contributed by atoms with Gasteiger partial charge in [0.05, 0.1) is 19.3 Å².